The van der Waals surface area contributed by atoms with E-state index in [0.717, 1.165) is 40.8 Å². The molecule has 20 heavy (non-hydrogen) atoms. The lowest BCUT2D eigenvalue weighted by atomic mass is 9.95. The summed E-state index contributed by atoms with van der Waals surface area (Å²) < 4.78 is 6.73. The SMILES string of the molecule is Cc1cc(Br)cc(C(N)c2ccc3c(c2)CCCO3)c1. The highest BCUT2D eigenvalue weighted by Gasteiger charge is 2.15. The molecular weight excluding hydrogens is 314 g/mol. The van der Waals surface area contributed by atoms with Gasteiger partial charge in [0.15, 0.2) is 0 Å². The summed E-state index contributed by atoms with van der Waals surface area (Å²) in [4.78, 5) is 0. The zero-order chi connectivity index (χ0) is 14.1. The van der Waals surface area contributed by atoms with Crippen LogP contribution in [0.1, 0.15) is 34.7 Å². The predicted octanol–water partition coefficient (Wildman–Crippen LogP) is 4.13. The minimum absolute atomic E-state index is 0.0987. The van der Waals surface area contributed by atoms with Crippen molar-refractivity contribution in [3.8, 4) is 5.75 Å². The fourth-order valence-electron chi connectivity index (χ4n) is 2.71. The number of halogens is 1. The molecule has 1 aliphatic rings. The molecule has 3 heteroatoms. The minimum atomic E-state index is -0.0987. The number of hydrogen-bond donors (Lipinski definition) is 1. The maximum atomic E-state index is 6.43. The Labute approximate surface area is 128 Å². The van der Waals surface area contributed by atoms with Gasteiger partial charge in [0.2, 0.25) is 0 Å². The third-order valence-electron chi connectivity index (χ3n) is 3.72. The number of nitrogens with two attached hydrogens (primary N) is 1. The Morgan fingerprint density at radius 3 is 2.80 bits per heavy atom. The summed E-state index contributed by atoms with van der Waals surface area (Å²) >= 11 is 3.54. The normalized spacial score (nSPS) is 15.3. The maximum absolute atomic E-state index is 6.43. The van der Waals surface area contributed by atoms with E-state index in [0.29, 0.717) is 0 Å². The van der Waals surface area contributed by atoms with Crippen molar-refractivity contribution in [1.29, 1.82) is 0 Å². The van der Waals surface area contributed by atoms with Crippen molar-refractivity contribution < 1.29 is 4.74 Å². The average Bonchev–Trinajstić information content (AvgIpc) is 2.45. The number of rotatable bonds is 2. The van der Waals surface area contributed by atoms with Crippen molar-refractivity contribution in [3.05, 3.63) is 63.1 Å². The maximum Gasteiger partial charge on any atom is 0.122 e. The molecule has 0 spiro atoms. The molecule has 0 aliphatic carbocycles. The van der Waals surface area contributed by atoms with Gasteiger partial charge < -0.3 is 10.5 Å². The molecule has 3 rings (SSSR count). The van der Waals surface area contributed by atoms with Crippen LogP contribution in [0, 0.1) is 6.92 Å². The average molecular weight is 332 g/mol. The number of fused-ring (bicyclic) bond motifs is 1. The molecule has 1 aliphatic heterocycles. The van der Waals surface area contributed by atoms with Gasteiger partial charge in [0.25, 0.3) is 0 Å². The van der Waals surface area contributed by atoms with E-state index in [1.165, 1.54) is 11.1 Å². The van der Waals surface area contributed by atoms with E-state index in [4.69, 9.17) is 10.5 Å². The molecule has 1 heterocycles. The molecule has 2 aromatic rings. The number of ether oxygens (including phenoxy) is 1. The first kappa shape index (κ1) is 13.7. The van der Waals surface area contributed by atoms with Gasteiger partial charge in [-0.15, -0.1) is 0 Å². The van der Waals surface area contributed by atoms with Crippen LogP contribution in [-0.4, -0.2) is 6.61 Å². The summed E-state index contributed by atoms with van der Waals surface area (Å²) in [5.41, 5.74) is 11.2. The highest BCUT2D eigenvalue weighted by molar-refractivity contribution is 9.10. The van der Waals surface area contributed by atoms with Crippen molar-refractivity contribution in [3.63, 3.8) is 0 Å². The second-order valence-corrected chi connectivity index (χ2v) is 6.27. The molecule has 0 saturated heterocycles. The van der Waals surface area contributed by atoms with Crippen LogP contribution in [-0.2, 0) is 6.42 Å². The van der Waals surface area contributed by atoms with E-state index in [1.807, 2.05) is 0 Å². The van der Waals surface area contributed by atoms with Crippen molar-refractivity contribution in [2.45, 2.75) is 25.8 Å². The van der Waals surface area contributed by atoms with Gasteiger partial charge in [-0.1, -0.05) is 34.1 Å². The smallest absolute Gasteiger partial charge is 0.122 e. The molecule has 0 radical (unpaired) electrons. The Balaban J connectivity index is 1.95. The van der Waals surface area contributed by atoms with Gasteiger partial charge in [0.05, 0.1) is 12.6 Å². The molecule has 104 valence electrons. The lowest BCUT2D eigenvalue weighted by Crippen LogP contribution is -2.14. The topological polar surface area (TPSA) is 35.2 Å². The van der Waals surface area contributed by atoms with E-state index in [9.17, 15) is 0 Å². The Morgan fingerprint density at radius 2 is 2.00 bits per heavy atom. The van der Waals surface area contributed by atoms with Gasteiger partial charge in [-0.3, -0.25) is 0 Å². The van der Waals surface area contributed by atoms with Crippen molar-refractivity contribution >= 4 is 15.9 Å². The third-order valence-corrected chi connectivity index (χ3v) is 4.17. The van der Waals surface area contributed by atoms with Gasteiger partial charge in [0.1, 0.15) is 5.75 Å². The number of benzene rings is 2. The fraction of sp³-hybridized carbons (Fsp3) is 0.294. The van der Waals surface area contributed by atoms with Crippen LogP contribution >= 0.6 is 15.9 Å². The van der Waals surface area contributed by atoms with Crippen LogP contribution in [0.5, 0.6) is 5.75 Å². The van der Waals surface area contributed by atoms with Crippen LogP contribution in [0.3, 0.4) is 0 Å². The summed E-state index contributed by atoms with van der Waals surface area (Å²) in [5, 5.41) is 0. The molecule has 0 aromatic heterocycles. The summed E-state index contributed by atoms with van der Waals surface area (Å²) in [6.07, 6.45) is 2.16. The van der Waals surface area contributed by atoms with Crippen molar-refractivity contribution in [2.24, 2.45) is 5.73 Å². The first-order chi connectivity index (χ1) is 9.63. The summed E-state index contributed by atoms with van der Waals surface area (Å²) in [5.74, 6) is 1.01. The number of aryl methyl sites for hydroxylation is 2. The molecule has 1 atom stereocenters. The molecule has 2 nitrogen and oxygen atoms in total. The zero-order valence-corrected chi connectivity index (χ0v) is 13.1. The highest BCUT2D eigenvalue weighted by atomic mass is 79.9. The van der Waals surface area contributed by atoms with Crippen molar-refractivity contribution in [2.75, 3.05) is 6.61 Å². The molecule has 0 fully saturated rings. The Hall–Kier alpha value is -1.32. The second kappa shape index (κ2) is 5.58. The van der Waals surface area contributed by atoms with Gasteiger partial charge >= 0.3 is 0 Å². The monoisotopic (exact) mass is 331 g/mol. The Morgan fingerprint density at radius 1 is 1.15 bits per heavy atom. The van der Waals surface area contributed by atoms with Gasteiger partial charge in [-0.05, 0) is 60.2 Å². The molecule has 0 saturated carbocycles. The second-order valence-electron chi connectivity index (χ2n) is 5.36. The molecule has 2 N–H and O–H groups in total. The number of hydrogen-bond acceptors (Lipinski definition) is 2. The van der Waals surface area contributed by atoms with Crippen LogP contribution < -0.4 is 10.5 Å². The zero-order valence-electron chi connectivity index (χ0n) is 11.5. The van der Waals surface area contributed by atoms with Crippen molar-refractivity contribution in [1.82, 2.24) is 0 Å². The third kappa shape index (κ3) is 2.74. The van der Waals surface area contributed by atoms with Gasteiger partial charge in [-0.2, -0.15) is 0 Å². The predicted molar refractivity (Wildman–Crippen MR) is 85.2 cm³/mol. The quantitative estimate of drug-likeness (QED) is 0.897. The molecule has 0 amide bonds. The first-order valence-corrected chi connectivity index (χ1v) is 7.71. The summed E-state index contributed by atoms with van der Waals surface area (Å²) in [6.45, 7) is 2.91. The van der Waals surface area contributed by atoms with E-state index < -0.39 is 0 Å². The van der Waals surface area contributed by atoms with Crippen LogP contribution in [0.4, 0.5) is 0 Å². The van der Waals surface area contributed by atoms with Gasteiger partial charge in [0, 0.05) is 4.47 Å². The van der Waals surface area contributed by atoms with E-state index in [2.05, 4.69) is 59.3 Å². The summed E-state index contributed by atoms with van der Waals surface area (Å²) in [7, 11) is 0. The molecule has 0 bridgehead atoms. The van der Waals surface area contributed by atoms with E-state index in [1.54, 1.807) is 0 Å². The van der Waals surface area contributed by atoms with Crippen LogP contribution in [0.15, 0.2) is 40.9 Å². The Kier molecular flexibility index (Phi) is 3.81. The molecular formula is C17H18BrNO. The van der Waals surface area contributed by atoms with E-state index in [-0.39, 0.29) is 6.04 Å². The summed E-state index contributed by atoms with van der Waals surface area (Å²) in [6, 6.07) is 12.5. The largest absolute Gasteiger partial charge is 0.493 e. The van der Waals surface area contributed by atoms with Crippen LogP contribution in [0.2, 0.25) is 0 Å². The standard InChI is InChI=1S/C17H18BrNO/c1-11-7-14(10-15(18)8-11)17(19)13-4-5-16-12(9-13)3-2-6-20-16/h4-5,7-10,17H,2-3,6,19H2,1H3. The van der Waals surface area contributed by atoms with Crippen LogP contribution in [0.25, 0.3) is 0 Å². The first-order valence-electron chi connectivity index (χ1n) is 6.92. The fourth-order valence-corrected chi connectivity index (χ4v) is 3.34. The molecule has 2 aromatic carbocycles. The highest BCUT2D eigenvalue weighted by Crippen LogP contribution is 2.30. The lowest BCUT2D eigenvalue weighted by molar-refractivity contribution is 0.288. The molecule has 1 unspecified atom stereocenters. The lowest BCUT2D eigenvalue weighted by Gasteiger charge is -2.20. The Bertz CT molecular complexity index is 619. The minimum Gasteiger partial charge on any atom is -0.493 e. The van der Waals surface area contributed by atoms with Gasteiger partial charge in [-0.25, -0.2) is 0 Å². The van der Waals surface area contributed by atoms with E-state index >= 15 is 0 Å².